The summed E-state index contributed by atoms with van der Waals surface area (Å²) < 4.78 is 11.5. The number of amides is 1. The summed E-state index contributed by atoms with van der Waals surface area (Å²) in [5, 5.41) is 13.1. The lowest BCUT2D eigenvalue weighted by molar-refractivity contribution is 0.0525. The fourth-order valence-corrected chi connectivity index (χ4v) is 3.89. The number of hydrogen-bond acceptors (Lipinski definition) is 6. The van der Waals surface area contributed by atoms with Crippen molar-refractivity contribution in [3.63, 3.8) is 0 Å². The number of benzene rings is 2. The number of piperidine rings is 1. The minimum Gasteiger partial charge on any atom is -0.471 e. The zero-order valence-electron chi connectivity index (χ0n) is 17.2. The van der Waals surface area contributed by atoms with E-state index in [-0.39, 0.29) is 12.0 Å². The van der Waals surface area contributed by atoms with Crippen LogP contribution in [0.3, 0.4) is 0 Å². The van der Waals surface area contributed by atoms with Crippen LogP contribution >= 0.6 is 0 Å². The number of carbonyl (C=O) groups excluding carboxylic acids is 1. The van der Waals surface area contributed by atoms with E-state index in [9.17, 15) is 4.79 Å². The van der Waals surface area contributed by atoms with E-state index in [0.29, 0.717) is 30.3 Å². The van der Waals surface area contributed by atoms with E-state index in [2.05, 4.69) is 15.4 Å². The average Bonchev–Trinajstić information content (AvgIpc) is 3.24. The Kier molecular flexibility index (Phi) is 5.08. The maximum Gasteiger partial charge on any atom is 0.254 e. The molecule has 0 N–H and O–H groups in total. The molecule has 31 heavy (non-hydrogen) atoms. The van der Waals surface area contributed by atoms with Gasteiger partial charge in [-0.15, -0.1) is 5.10 Å². The predicted molar refractivity (Wildman–Crippen MR) is 116 cm³/mol. The summed E-state index contributed by atoms with van der Waals surface area (Å²) in [6.45, 7) is 3.10. The summed E-state index contributed by atoms with van der Waals surface area (Å²) in [7, 11) is 0. The quantitative estimate of drug-likeness (QED) is 0.496. The van der Waals surface area contributed by atoms with Crippen LogP contribution < -0.4 is 4.74 Å². The van der Waals surface area contributed by atoms with Crippen molar-refractivity contribution < 1.29 is 14.1 Å². The van der Waals surface area contributed by atoms with Crippen LogP contribution in [0.1, 0.15) is 28.9 Å². The molecule has 156 valence electrons. The monoisotopic (exact) mass is 414 g/mol. The van der Waals surface area contributed by atoms with Crippen LogP contribution in [0.5, 0.6) is 5.88 Å². The molecule has 0 aliphatic carbocycles. The van der Waals surface area contributed by atoms with Crippen LogP contribution in [0.15, 0.2) is 65.2 Å². The van der Waals surface area contributed by atoms with Gasteiger partial charge < -0.3 is 14.2 Å². The van der Waals surface area contributed by atoms with E-state index in [1.165, 1.54) is 0 Å². The number of aryl methyl sites for hydroxylation is 1. The van der Waals surface area contributed by atoms with Crippen LogP contribution in [-0.2, 0) is 0 Å². The fourth-order valence-electron chi connectivity index (χ4n) is 3.89. The first-order chi connectivity index (χ1) is 15.2. The molecule has 3 heterocycles. The SMILES string of the molecule is Cc1ccc(OC2CCCN(C(=O)c3ccc4noc(-c5ccccc5)c4c3)C2)nn1. The molecule has 1 fully saturated rings. The molecule has 1 amide bonds. The number of hydrogen-bond donors (Lipinski definition) is 0. The van der Waals surface area contributed by atoms with Gasteiger partial charge in [-0.3, -0.25) is 4.79 Å². The van der Waals surface area contributed by atoms with Gasteiger partial charge in [-0.05, 0) is 44.0 Å². The second-order valence-electron chi connectivity index (χ2n) is 7.76. The van der Waals surface area contributed by atoms with Crippen molar-refractivity contribution in [1.82, 2.24) is 20.3 Å². The lowest BCUT2D eigenvalue weighted by Crippen LogP contribution is -2.44. The number of ether oxygens (including phenoxy) is 1. The molecule has 7 heteroatoms. The van der Waals surface area contributed by atoms with Crippen molar-refractivity contribution in [2.24, 2.45) is 0 Å². The standard InChI is InChI=1S/C24H22N4O3/c1-16-9-12-22(26-25-16)30-19-8-5-13-28(15-19)24(29)18-10-11-21-20(14-18)23(31-27-21)17-6-3-2-4-7-17/h2-4,6-7,9-12,14,19H,5,8,13,15H2,1H3. The topological polar surface area (TPSA) is 81.4 Å². The maximum absolute atomic E-state index is 13.2. The van der Waals surface area contributed by atoms with E-state index in [0.717, 1.165) is 35.0 Å². The van der Waals surface area contributed by atoms with Crippen molar-refractivity contribution in [3.05, 3.63) is 71.9 Å². The third kappa shape index (κ3) is 3.99. The molecule has 0 radical (unpaired) electrons. The van der Waals surface area contributed by atoms with E-state index >= 15 is 0 Å². The Morgan fingerprint density at radius 2 is 1.97 bits per heavy atom. The molecule has 5 rings (SSSR count). The summed E-state index contributed by atoms with van der Waals surface area (Å²) >= 11 is 0. The predicted octanol–water partition coefficient (Wildman–Crippen LogP) is 4.28. The third-order valence-corrected chi connectivity index (χ3v) is 5.49. The Morgan fingerprint density at radius 1 is 1.10 bits per heavy atom. The van der Waals surface area contributed by atoms with Crippen molar-refractivity contribution >= 4 is 16.8 Å². The highest BCUT2D eigenvalue weighted by Crippen LogP contribution is 2.30. The molecular weight excluding hydrogens is 392 g/mol. The minimum atomic E-state index is -0.103. The molecule has 2 aromatic carbocycles. The van der Waals surface area contributed by atoms with Gasteiger partial charge in [-0.2, -0.15) is 5.10 Å². The molecule has 1 atom stereocenters. The normalized spacial score (nSPS) is 16.4. The van der Waals surface area contributed by atoms with Gasteiger partial charge in [-0.1, -0.05) is 35.5 Å². The smallest absolute Gasteiger partial charge is 0.254 e. The van der Waals surface area contributed by atoms with Gasteiger partial charge in [0.2, 0.25) is 5.88 Å². The van der Waals surface area contributed by atoms with Crippen molar-refractivity contribution in [2.75, 3.05) is 13.1 Å². The summed E-state index contributed by atoms with van der Waals surface area (Å²) in [6, 6.07) is 19.0. The summed E-state index contributed by atoms with van der Waals surface area (Å²) in [5.41, 5.74) is 3.11. The Labute approximate surface area is 179 Å². The maximum atomic E-state index is 13.2. The molecule has 0 bridgehead atoms. The zero-order valence-corrected chi connectivity index (χ0v) is 17.2. The minimum absolute atomic E-state index is 0.0228. The second-order valence-corrected chi connectivity index (χ2v) is 7.76. The van der Waals surface area contributed by atoms with Gasteiger partial charge in [-0.25, -0.2) is 0 Å². The highest BCUT2D eigenvalue weighted by Gasteiger charge is 2.26. The van der Waals surface area contributed by atoms with Crippen LogP contribution in [0.4, 0.5) is 0 Å². The van der Waals surface area contributed by atoms with Crippen LogP contribution in [0, 0.1) is 6.92 Å². The molecule has 0 saturated carbocycles. The molecule has 1 aliphatic rings. The Morgan fingerprint density at radius 3 is 2.77 bits per heavy atom. The number of carbonyl (C=O) groups is 1. The number of rotatable bonds is 4. The number of fused-ring (bicyclic) bond motifs is 1. The largest absolute Gasteiger partial charge is 0.471 e. The molecule has 1 unspecified atom stereocenters. The van der Waals surface area contributed by atoms with Gasteiger partial charge in [0.25, 0.3) is 5.91 Å². The van der Waals surface area contributed by atoms with Crippen LogP contribution in [0.2, 0.25) is 0 Å². The molecule has 7 nitrogen and oxygen atoms in total. The van der Waals surface area contributed by atoms with E-state index in [1.807, 2.05) is 66.4 Å². The Hall–Kier alpha value is -3.74. The lowest BCUT2D eigenvalue weighted by Gasteiger charge is -2.32. The van der Waals surface area contributed by atoms with Crippen LogP contribution in [0.25, 0.3) is 22.2 Å². The molecular formula is C24H22N4O3. The number of nitrogens with zero attached hydrogens (tertiary/aromatic N) is 4. The first kappa shape index (κ1) is 19.2. The van der Waals surface area contributed by atoms with Crippen molar-refractivity contribution in [1.29, 1.82) is 0 Å². The van der Waals surface area contributed by atoms with Gasteiger partial charge >= 0.3 is 0 Å². The fraction of sp³-hybridized carbons (Fsp3) is 0.250. The van der Waals surface area contributed by atoms with Gasteiger partial charge in [0.15, 0.2) is 5.76 Å². The first-order valence-corrected chi connectivity index (χ1v) is 10.4. The first-order valence-electron chi connectivity index (χ1n) is 10.4. The molecule has 1 saturated heterocycles. The third-order valence-electron chi connectivity index (χ3n) is 5.49. The summed E-state index contributed by atoms with van der Waals surface area (Å²) in [6.07, 6.45) is 1.65. The zero-order chi connectivity index (χ0) is 21.2. The van der Waals surface area contributed by atoms with Crippen molar-refractivity contribution in [2.45, 2.75) is 25.9 Å². The van der Waals surface area contributed by atoms with Gasteiger partial charge in [0.1, 0.15) is 11.6 Å². The molecule has 0 spiro atoms. The highest BCUT2D eigenvalue weighted by atomic mass is 16.5. The average molecular weight is 414 g/mol. The Bertz CT molecular complexity index is 1200. The highest BCUT2D eigenvalue weighted by molar-refractivity contribution is 6.01. The van der Waals surface area contributed by atoms with Crippen LogP contribution in [-0.4, -0.2) is 45.4 Å². The Balaban J connectivity index is 1.36. The van der Waals surface area contributed by atoms with E-state index in [4.69, 9.17) is 9.26 Å². The lowest BCUT2D eigenvalue weighted by atomic mass is 10.0. The van der Waals surface area contributed by atoms with Gasteiger partial charge in [0, 0.05) is 23.7 Å². The van der Waals surface area contributed by atoms with Gasteiger partial charge in [0.05, 0.1) is 17.6 Å². The van der Waals surface area contributed by atoms with Crippen molar-refractivity contribution in [3.8, 4) is 17.2 Å². The van der Waals surface area contributed by atoms with E-state index < -0.39 is 0 Å². The molecule has 2 aromatic heterocycles. The summed E-state index contributed by atoms with van der Waals surface area (Å²) in [5.74, 6) is 1.14. The number of likely N-dealkylation sites (tertiary alicyclic amines) is 1. The number of aromatic nitrogens is 3. The molecule has 1 aliphatic heterocycles. The van der Waals surface area contributed by atoms with E-state index in [1.54, 1.807) is 6.07 Å². The summed E-state index contributed by atoms with van der Waals surface area (Å²) in [4.78, 5) is 15.1. The molecule has 4 aromatic rings. The second kappa shape index (κ2) is 8.18.